The molecule has 0 aromatic heterocycles. The number of hydrogen-bond donors (Lipinski definition) is 8. The van der Waals surface area contributed by atoms with Gasteiger partial charge in [-0.25, -0.2) is 14.4 Å². The van der Waals surface area contributed by atoms with Gasteiger partial charge in [-0.2, -0.15) is 0 Å². The SMILES string of the molecule is CC[C@H](C)[C@@H]([C@@H](CC(=O)N1CCC[C@H]1[C@H](OC)[C@@H](C)C(=S)N[C@@H](Cc1ccccc1)C(=O)O)OC)N(C)C(=O)[C@@H](NC(=O)C(C)(C)NC(=O)OCc1ccc(N(C(=O)[C@@H](NC(=O)CCCCCN2C(=O)C=CC2=O)C(C)C)[C@@H](CCCNC(N)=O)C(N)=O)cc1)C(C)C. The van der Waals surface area contributed by atoms with Gasteiger partial charge in [0.25, 0.3) is 17.7 Å². The number of amides is 11. The molecule has 0 aliphatic carbocycles. The number of urea groups is 1. The smallest absolute Gasteiger partial charge is 0.408 e. The Morgan fingerprint density at radius 2 is 1.42 bits per heavy atom. The number of likely N-dealkylation sites (tertiary alicyclic amines) is 1. The van der Waals surface area contributed by atoms with Gasteiger partial charge in [0.15, 0.2) is 0 Å². The first-order valence-electron chi connectivity index (χ1n) is 31.9. The highest BCUT2D eigenvalue weighted by Gasteiger charge is 2.44. The summed E-state index contributed by atoms with van der Waals surface area (Å²) in [5, 5.41) is 23.8. The van der Waals surface area contributed by atoms with Gasteiger partial charge in [-0.05, 0) is 93.4 Å². The summed E-state index contributed by atoms with van der Waals surface area (Å²) < 4.78 is 17.7. The van der Waals surface area contributed by atoms with Crippen LogP contribution < -0.4 is 43.0 Å². The minimum Gasteiger partial charge on any atom is -0.480 e. The zero-order valence-electron chi connectivity index (χ0n) is 55.9. The monoisotopic (exact) mass is 1320 g/mol. The number of alkyl carbamates (subject to hydrolysis) is 1. The maximum absolute atomic E-state index is 14.7. The molecule has 1 saturated heterocycles. The number of benzene rings is 2. The molecule has 2 heterocycles. The van der Waals surface area contributed by atoms with Crippen molar-refractivity contribution < 1.29 is 72.1 Å². The number of primary amides is 2. The Bertz CT molecular complexity index is 2930. The van der Waals surface area contributed by atoms with Gasteiger partial charge in [-0.1, -0.05) is 116 Å². The van der Waals surface area contributed by atoms with Crippen LogP contribution >= 0.6 is 12.2 Å². The minimum absolute atomic E-state index is 0.00547. The fourth-order valence-corrected chi connectivity index (χ4v) is 11.9. The number of hydrogen-bond acceptors (Lipinski definition) is 15. The molecular formula is C66H99N11O15S. The molecule has 1 fully saturated rings. The Kier molecular flexibility index (Phi) is 30.8. The second-order valence-electron chi connectivity index (χ2n) is 25.2. The molecular weight excluding hydrogens is 1220 g/mol. The summed E-state index contributed by atoms with van der Waals surface area (Å²) >= 11 is 5.79. The van der Waals surface area contributed by atoms with Crippen molar-refractivity contribution in [3.05, 3.63) is 77.9 Å². The van der Waals surface area contributed by atoms with Gasteiger partial charge in [-0.3, -0.25) is 48.2 Å². The van der Waals surface area contributed by atoms with Gasteiger partial charge in [0.1, 0.15) is 36.3 Å². The van der Waals surface area contributed by atoms with Gasteiger partial charge < -0.3 is 67.2 Å². The number of rotatable bonds is 38. The zero-order valence-corrected chi connectivity index (χ0v) is 56.7. The number of nitrogens with one attached hydrogen (secondary N) is 5. The lowest BCUT2D eigenvalue weighted by Gasteiger charge is -2.41. The number of thiocarbonyl (C=S) groups is 1. The summed E-state index contributed by atoms with van der Waals surface area (Å²) in [7, 11) is 4.64. The predicted octanol–water partition coefficient (Wildman–Crippen LogP) is 4.63. The summed E-state index contributed by atoms with van der Waals surface area (Å²) in [6.45, 7) is 16.0. The van der Waals surface area contributed by atoms with E-state index in [-0.39, 0.29) is 69.3 Å². The normalized spacial score (nSPS) is 16.9. The summed E-state index contributed by atoms with van der Waals surface area (Å²) in [4.78, 5) is 152. The van der Waals surface area contributed by atoms with Crippen molar-refractivity contribution in [2.45, 2.75) is 194 Å². The number of anilines is 1. The lowest BCUT2D eigenvalue weighted by atomic mass is 9.89. The molecule has 0 bridgehead atoms. The summed E-state index contributed by atoms with van der Waals surface area (Å²) in [6.07, 6.45) is 3.66. The molecule has 10 atom stereocenters. The number of ether oxygens (including phenoxy) is 3. The topological polar surface area (TPSA) is 361 Å². The van der Waals surface area contributed by atoms with Crippen LogP contribution in [0.15, 0.2) is 66.7 Å². The number of methoxy groups -OCH3 is 2. The van der Waals surface area contributed by atoms with Crippen molar-refractivity contribution in [3.8, 4) is 0 Å². The van der Waals surface area contributed by atoms with Crippen LogP contribution in [0.25, 0.3) is 0 Å². The van der Waals surface area contributed by atoms with E-state index in [1.165, 1.54) is 55.0 Å². The third-order valence-corrected chi connectivity index (χ3v) is 17.7. The number of nitrogens with zero attached hydrogens (tertiary/aromatic N) is 4. The molecule has 26 nitrogen and oxygen atoms in total. The van der Waals surface area contributed by atoms with E-state index in [2.05, 4.69) is 26.6 Å². The second kappa shape index (κ2) is 37.0. The average Bonchev–Trinajstić information content (AvgIpc) is 1.66. The van der Waals surface area contributed by atoms with E-state index >= 15 is 0 Å². The molecule has 93 heavy (non-hydrogen) atoms. The first kappa shape index (κ1) is 77.4. The van der Waals surface area contributed by atoms with Crippen LogP contribution in [-0.2, 0) is 70.4 Å². The maximum Gasteiger partial charge on any atom is 0.408 e. The summed E-state index contributed by atoms with van der Waals surface area (Å²) in [5.74, 6) is -6.78. The highest BCUT2D eigenvalue weighted by molar-refractivity contribution is 7.80. The third kappa shape index (κ3) is 22.6. The van der Waals surface area contributed by atoms with E-state index in [4.69, 9.17) is 37.9 Å². The molecule has 11 amide bonds. The molecule has 0 saturated carbocycles. The Morgan fingerprint density at radius 3 is 1.98 bits per heavy atom. The van der Waals surface area contributed by atoms with E-state index in [0.717, 1.165) is 10.5 Å². The number of carbonyl (C=O) groups is 11. The van der Waals surface area contributed by atoms with Crippen molar-refractivity contribution in [3.63, 3.8) is 0 Å². The predicted molar refractivity (Wildman–Crippen MR) is 352 cm³/mol. The molecule has 27 heteroatoms. The highest BCUT2D eigenvalue weighted by Crippen LogP contribution is 2.31. The van der Waals surface area contributed by atoms with Crippen LogP contribution in [0, 0.1) is 23.7 Å². The van der Waals surface area contributed by atoms with Crippen molar-refractivity contribution in [1.82, 2.24) is 41.3 Å². The van der Waals surface area contributed by atoms with Gasteiger partial charge in [0, 0.05) is 77.5 Å². The quantitative estimate of drug-likeness (QED) is 0.0258. The first-order chi connectivity index (χ1) is 43.9. The van der Waals surface area contributed by atoms with Crippen LogP contribution in [0.3, 0.4) is 0 Å². The van der Waals surface area contributed by atoms with E-state index < -0.39 is 131 Å². The molecule has 4 rings (SSSR count). The molecule has 514 valence electrons. The molecule has 10 N–H and O–H groups in total. The molecule has 2 aliphatic heterocycles. The Labute approximate surface area is 551 Å². The van der Waals surface area contributed by atoms with Gasteiger partial charge >= 0.3 is 18.1 Å². The van der Waals surface area contributed by atoms with E-state index in [1.54, 1.807) is 58.9 Å². The summed E-state index contributed by atoms with van der Waals surface area (Å²) in [6, 6.07) is 9.04. The molecule has 2 aromatic rings. The Morgan fingerprint density at radius 1 is 0.796 bits per heavy atom. The van der Waals surface area contributed by atoms with Gasteiger partial charge in [0.05, 0.1) is 35.7 Å². The van der Waals surface area contributed by atoms with Gasteiger partial charge in [0.2, 0.25) is 29.5 Å². The number of carboxylic acids is 1. The molecule has 0 unspecified atom stereocenters. The van der Waals surface area contributed by atoms with Crippen molar-refractivity contribution in [2.75, 3.05) is 45.8 Å². The van der Waals surface area contributed by atoms with E-state index in [9.17, 15) is 57.8 Å². The van der Waals surface area contributed by atoms with Crippen LogP contribution in [0.4, 0.5) is 15.3 Å². The number of imide groups is 1. The number of carboxylic acid groups (broad SMARTS) is 1. The fourth-order valence-electron chi connectivity index (χ4n) is 11.6. The molecule has 0 spiro atoms. The number of likely N-dealkylation sites (N-methyl/N-ethyl adjacent to an activating group) is 1. The largest absolute Gasteiger partial charge is 0.480 e. The van der Waals surface area contributed by atoms with Crippen LogP contribution in [-0.4, -0.2) is 185 Å². The number of nitrogens with two attached hydrogens (primary N) is 2. The lowest BCUT2D eigenvalue weighted by molar-refractivity contribution is -0.147. The molecule has 2 aromatic carbocycles. The number of aliphatic carboxylic acids is 1. The second-order valence-corrected chi connectivity index (χ2v) is 25.6. The van der Waals surface area contributed by atoms with Crippen molar-refractivity contribution >= 4 is 88.2 Å². The number of unbranched alkanes of at least 4 members (excludes halogenated alkanes) is 2. The van der Waals surface area contributed by atoms with E-state index in [0.29, 0.717) is 55.6 Å². The zero-order chi connectivity index (χ0) is 69.4. The van der Waals surface area contributed by atoms with Gasteiger partial charge in [-0.15, -0.1) is 0 Å². The fraction of sp³-hybridized carbons (Fsp3) is 0.606. The third-order valence-electron chi connectivity index (χ3n) is 17.2. The van der Waals surface area contributed by atoms with Crippen molar-refractivity contribution in [2.24, 2.45) is 35.1 Å². The minimum atomic E-state index is -1.64. The Hall–Kier alpha value is -8.04. The highest BCUT2D eigenvalue weighted by atomic mass is 32.1. The van der Waals surface area contributed by atoms with Crippen LogP contribution in [0.2, 0.25) is 0 Å². The standard InChI is InChI=1S/C66H99N11O15S/c1-13-41(6)56(49(90-11)37-53(81)75-35-21-25-47(75)57(91-12)42(7)59(93)70-46(62(85)86)36-43-22-16-14-17-23-43)74(10)60(83)54(39(2)3)72-63(87)66(8,9)73-65(89)92-38-44-27-29-45(30-28-44)77(48(58(67)82)24-20-33-69-64(68)88)61(84)55(40(4)5)71-50(78)26-18-15-19-34-76-51(79)31-32-52(76)80/h14,16-17,22-23,27-32,39-42,46-49,54-57H,13,15,18-21,24-26,33-38H2,1-12H3,(H2,67,82)(H,70,93)(H,71,78)(H,72,87)(H,73,89)(H,85,86)(H3,68,69,88)/t41-,42+,46-,47-,48-,49+,54-,55-,56-,57+/m0/s1. The van der Waals surface area contributed by atoms with E-state index in [1.807, 2.05) is 51.1 Å². The average molecular weight is 1320 g/mol. The summed E-state index contributed by atoms with van der Waals surface area (Å²) in [5.41, 5.74) is 11.0. The maximum atomic E-state index is 14.7. The van der Waals surface area contributed by atoms with Crippen LogP contribution in [0.5, 0.6) is 0 Å². The molecule has 0 radical (unpaired) electrons. The van der Waals surface area contributed by atoms with Crippen molar-refractivity contribution in [1.29, 1.82) is 0 Å². The molecule has 2 aliphatic rings. The first-order valence-corrected chi connectivity index (χ1v) is 32.3. The lowest BCUT2D eigenvalue weighted by Crippen LogP contribution is -2.62. The van der Waals surface area contributed by atoms with Crippen LogP contribution in [0.1, 0.15) is 138 Å². The number of carbonyl (C=O) groups excluding carboxylic acids is 10. The Balaban J connectivity index is 1.43.